The van der Waals surface area contributed by atoms with Gasteiger partial charge >= 0.3 is 0 Å². The summed E-state index contributed by atoms with van der Waals surface area (Å²) in [4.78, 5) is 6.20. The van der Waals surface area contributed by atoms with Crippen molar-refractivity contribution in [2.75, 3.05) is 0 Å². The van der Waals surface area contributed by atoms with Gasteiger partial charge in [-0.3, -0.25) is 0 Å². The summed E-state index contributed by atoms with van der Waals surface area (Å²) < 4.78 is 0. The van der Waals surface area contributed by atoms with E-state index in [0.717, 1.165) is 11.3 Å². The smallest absolute Gasteiger partial charge is 0.152 e. The molecule has 1 atom stereocenters. The summed E-state index contributed by atoms with van der Waals surface area (Å²) in [7, 11) is 0. The Balaban J connectivity index is 1.65. The van der Waals surface area contributed by atoms with E-state index in [1.54, 1.807) is 0 Å². The summed E-state index contributed by atoms with van der Waals surface area (Å²) in [6, 6.07) is 30.3. The highest BCUT2D eigenvalue weighted by molar-refractivity contribution is 5.63. The van der Waals surface area contributed by atoms with E-state index in [4.69, 9.17) is 10.1 Å². The standard InChI is InChI=1S/C23H18N2O/c24-16-18-11-13-21(14-12-18)23-15-22(20-9-5-2-6-10-20)25(26-23)17-19-7-3-1-4-8-19/h1-15,22H,17H2. The third kappa shape index (κ3) is 3.37. The zero-order valence-electron chi connectivity index (χ0n) is 14.2. The molecule has 126 valence electrons. The molecule has 0 fully saturated rings. The molecule has 26 heavy (non-hydrogen) atoms. The van der Waals surface area contributed by atoms with E-state index in [9.17, 15) is 0 Å². The number of hydrogen-bond acceptors (Lipinski definition) is 3. The van der Waals surface area contributed by atoms with Crippen molar-refractivity contribution in [3.05, 3.63) is 113 Å². The fourth-order valence-electron chi connectivity index (χ4n) is 3.10. The van der Waals surface area contributed by atoms with Crippen molar-refractivity contribution in [1.29, 1.82) is 5.26 Å². The number of nitriles is 1. The third-order valence-electron chi connectivity index (χ3n) is 4.46. The van der Waals surface area contributed by atoms with E-state index in [0.29, 0.717) is 12.1 Å². The highest BCUT2D eigenvalue weighted by Crippen LogP contribution is 2.36. The van der Waals surface area contributed by atoms with Gasteiger partial charge in [0.05, 0.1) is 24.2 Å². The van der Waals surface area contributed by atoms with Crippen LogP contribution >= 0.6 is 0 Å². The van der Waals surface area contributed by atoms with Gasteiger partial charge in [0.1, 0.15) is 0 Å². The van der Waals surface area contributed by atoms with Crippen LogP contribution in [0.4, 0.5) is 0 Å². The van der Waals surface area contributed by atoms with E-state index < -0.39 is 0 Å². The highest BCUT2D eigenvalue weighted by atomic mass is 16.7. The summed E-state index contributed by atoms with van der Waals surface area (Å²) in [6.45, 7) is 0.691. The lowest BCUT2D eigenvalue weighted by atomic mass is 10.0. The Morgan fingerprint density at radius 3 is 2.15 bits per heavy atom. The van der Waals surface area contributed by atoms with Crippen LogP contribution in [0.15, 0.2) is 91.0 Å². The van der Waals surface area contributed by atoms with Gasteiger partial charge in [-0.15, -0.1) is 5.06 Å². The Hall–Kier alpha value is -3.35. The average Bonchev–Trinajstić information content (AvgIpc) is 3.13. The maximum absolute atomic E-state index is 8.99. The first kappa shape index (κ1) is 16.1. The van der Waals surface area contributed by atoms with Crippen molar-refractivity contribution in [3.8, 4) is 6.07 Å². The molecule has 0 spiro atoms. The predicted octanol–water partition coefficient (Wildman–Crippen LogP) is 5.09. The Morgan fingerprint density at radius 2 is 1.50 bits per heavy atom. The van der Waals surface area contributed by atoms with Crippen LogP contribution in [0.5, 0.6) is 0 Å². The molecule has 0 saturated carbocycles. The zero-order chi connectivity index (χ0) is 17.8. The normalized spacial score (nSPS) is 16.6. The van der Waals surface area contributed by atoms with E-state index in [1.807, 2.05) is 65.7 Å². The monoisotopic (exact) mass is 338 g/mol. The van der Waals surface area contributed by atoms with E-state index in [2.05, 4.69) is 36.4 Å². The predicted molar refractivity (Wildman–Crippen MR) is 101 cm³/mol. The molecule has 0 aromatic heterocycles. The second kappa shape index (κ2) is 7.26. The van der Waals surface area contributed by atoms with Crippen molar-refractivity contribution in [3.63, 3.8) is 0 Å². The fourth-order valence-corrected chi connectivity index (χ4v) is 3.10. The van der Waals surface area contributed by atoms with Crippen LogP contribution in [0, 0.1) is 11.3 Å². The molecular weight excluding hydrogens is 320 g/mol. The van der Waals surface area contributed by atoms with Crippen molar-refractivity contribution in [2.24, 2.45) is 0 Å². The molecule has 1 aliphatic rings. The van der Waals surface area contributed by atoms with Crippen LogP contribution in [0.3, 0.4) is 0 Å². The molecule has 0 amide bonds. The molecule has 4 rings (SSSR count). The number of hydroxylamine groups is 2. The van der Waals surface area contributed by atoms with E-state index in [-0.39, 0.29) is 6.04 Å². The third-order valence-corrected chi connectivity index (χ3v) is 4.46. The minimum atomic E-state index is 0.0436. The molecule has 0 aliphatic carbocycles. The lowest BCUT2D eigenvalue weighted by Gasteiger charge is -2.23. The number of benzene rings is 3. The van der Waals surface area contributed by atoms with Gasteiger partial charge < -0.3 is 4.84 Å². The molecule has 1 heterocycles. The number of nitrogens with zero attached hydrogens (tertiary/aromatic N) is 2. The molecule has 1 unspecified atom stereocenters. The Labute approximate surface area is 153 Å². The SMILES string of the molecule is N#Cc1ccc(C2=CC(c3ccccc3)N(Cc3ccccc3)O2)cc1. The fraction of sp³-hybridized carbons (Fsp3) is 0.0870. The zero-order valence-corrected chi connectivity index (χ0v) is 14.2. The second-order valence-corrected chi connectivity index (χ2v) is 6.23. The molecule has 0 saturated heterocycles. The van der Waals surface area contributed by atoms with Crippen molar-refractivity contribution < 1.29 is 4.84 Å². The molecule has 0 bridgehead atoms. The van der Waals surface area contributed by atoms with Gasteiger partial charge in [-0.2, -0.15) is 5.26 Å². The van der Waals surface area contributed by atoms with Gasteiger partial charge in [0.2, 0.25) is 0 Å². The van der Waals surface area contributed by atoms with Gasteiger partial charge in [-0.05, 0) is 41.5 Å². The van der Waals surface area contributed by atoms with Crippen LogP contribution in [0.2, 0.25) is 0 Å². The number of hydrogen-bond donors (Lipinski definition) is 0. The quantitative estimate of drug-likeness (QED) is 0.665. The molecular formula is C23H18N2O. The minimum absolute atomic E-state index is 0.0436. The number of rotatable bonds is 4. The second-order valence-electron chi connectivity index (χ2n) is 6.23. The summed E-state index contributed by atoms with van der Waals surface area (Å²) in [5.41, 5.74) is 4.00. The summed E-state index contributed by atoms with van der Waals surface area (Å²) in [5.74, 6) is 0.819. The van der Waals surface area contributed by atoms with Crippen LogP contribution in [0.25, 0.3) is 5.76 Å². The lowest BCUT2D eigenvalue weighted by molar-refractivity contribution is -0.101. The maximum atomic E-state index is 8.99. The van der Waals surface area contributed by atoms with Crippen molar-refractivity contribution in [2.45, 2.75) is 12.6 Å². The Kier molecular flexibility index (Phi) is 4.51. The van der Waals surface area contributed by atoms with Crippen molar-refractivity contribution in [1.82, 2.24) is 5.06 Å². The Bertz CT molecular complexity index is 941. The van der Waals surface area contributed by atoms with Crippen LogP contribution in [-0.2, 0) is 11.4 Å². The average molecular weight is 338 g/mol. The van der Waals surface area contributed by atoms with Crippen molar-refractivity contribution >= 4 is 5.76 Å². The van der Waals surface area contributed by atoms with Crippen LogP contribution in [0.1, 0.15) is 28.3 Å². The summed E-state index contributed by atoms with van der Waals surface area (Å²) >= 11 is 0. The molecule has 3 heteroatoms. The van der Waals surface area contributed by atoms with E-state index in [1.165, 1.54) is 11.1 Å². The Morgan fingerprint density at radius 1 is 0.846 bits per heavy atom. The first-order chi connectivity index (χ1) is 12.8. The minimum Gasteiger partial charge on any atom is -0.404 e. The molecule has 0 N–H and O–H groups in total. The molecule has 0 radical (unpaired) electrons. The van der Waals surface area contributed by atoms with E-state index >= 15 is 0 Å². The molecule has 1 aliphatic heterocycles. The lowest BCUT2D eigenvalue weighted by Crippen LogP contribution is -2.22. The van der Waals surface area contributed by atoms with Gasteiger partial charge in [0.25, 0.3) is 0 Å². The summed E-state index contributed by atoms with van der Waals surface area (Å²) in [5, 5.41) is 11.0. The van der Waals surface area contributed by atoms with Gasteiger partial charge in [0.15, 0.2) is 5.76 Å². The molecule has 3 nitrogen and oxygen atoms in total. The molecule has 3 aromatic rings. The largest absolute Gasteiger partial charge is 0.404 e. The topological polar surface area (TPSA) is 36.3 Å². The van der Waals surface area contributed by atoms with Gasteiger partial charge in [-0.1, -0.05) is 60.7 Å². The van der Waals surface area contributed by atoms with Crippen LogP contribution < -0.4 is 0 Å². The highest BCUT2D eigenvalue weighted by Gasteiger charge is 2.29. The van der Waals surface area contributed by atoms with Gasteiger partial charge in [-0.25, -0.2) is 0 Å². The van der Waals surface area contributed by atoms with Crippen LogP contribution in [-0.4, -0.2) is 5.06 Å². The first-order valence-corrected chi connectivity index (χ1v) is 8.59. The molecule has 3 aromatic carbocycles. The maximum Gasteiger partial charge on any atom is 0.152 e. The van der Waals surface area contributed by atoms with Gasteiger partial charge in [0, 0.05) is 5.56 Å². The first-order valence-electron chi connectivity index (χ1n) is 8.59. The summed E-state index contributed by atoms with van der Waals surface area (Å²) in [6.07, 6.45) is 2.14.